The van der Waals surface area contributed by atoms with Gasteiger partial charge in [0.2, 0.25) is 5.91 Å². The van der Waals surface area contributed by atoms with E-state index in [1.54, 1.807) is 20.3 Å². The maximum atomic E-state index is 12.2. The van der Waals surface area contributed by atoms with Crippen molar-refractivity contribution in [3.63, 3.8) is 0 Å². The van der Waals surface area contributed by atoms with E-state index >= 15 is 0 Å². The Bertz CT molecular complexity index is 525. The van der Waals surface area contributed by atoms with E-state index in [1.807, 2.05) is 29.2 Å². The van der Waals surface area contributed by atoms with E-state index in [2.05, 4.69) is 6.92 Å². The largest absolute Gasteiger partial charge is 0.493 e. The van der Waals surface area contributed by atoms with Crippen LogP contribution in [0.1, 0.15) is 25.3 Å². The Hall–Kier alpha value is -1.97. The number of likely N-dealkylation sites (tertiary alicyclic amines) is 1. The Morgan fingerprint density at radius 2 is 2.05 bits per heavy atom. The molecular weight excluding hydrogens is 266 g/mol. The molecule has 4 heteroatoms. The van der Waals surface area contributed by atoms with Crippen molar-refractivity contribution in [3.8, 4) is 11.5 Å². The molecule has 2 rings (SSSR count). The van der Waals surface area contributed by atoms with Crippen LogP contribution in [-0.4, -0.2) is 38.1 Å². The van der Waals surface area contributed by atoms with Gasteiger partial charge in [0.15, 0.2) is 11.5 Å². The Balaban J connectivity index is 2.04. The average molecular weight is 289 g/mol. The van der Waals surface area contributed by atoms with Crippen molar-refractivity contribution in [2.45, 2.75) is 19.8 Å². The molecule has 4 nitrogen and oxygen atoms in total. The van der Waals surface area contributed by atoms with Gasteiger partial charge in [-0.25, -0.2) is 0 Å². The molecule has 1 atom stereocenters. The lowest BCUT2D eigenvalue weighted by Crippen LogP contribution is -2.38. The summed E-state index contributed by atoms with van der Waals surface area (Å²) in [6.07, 6.45) is 5.77. The van der Waals surface area contributed by atoms with Crippen molar-refractivity contribution in [2.24, 2.45) is 5.92 Å². The molecular formula is C17H23NO3. The first-order valence-electron chi connectivity index (χ1n) is 7.33. The van der Waals surface area contributed by atoms with Crippen LogP contribution in [0.4, 0.5) is 0 Å². The molecule has 0 unspecified atom stereocenters. The highest BCUT2D eigenvalue weighted by Gasteiger charge is 2.18. The summed E-state index contributed by atoms with van der Waals surface area (Å²) < 4.78 is 10.5. The van der Waals surface area contributed by atoms with Crippen molar-refractivity contribution in [2.75, 3.05) is 27.3 Å². The molecule has 1 aromatic carbocycles. The predicted octanol–water partition coefficient (Wildman–Crippen LogP) is 2.98. The van der Waals surface area contributed by atoms with Gasteiger partial charge in [-0.05, 0) is 42.5 Å². The van der Waals surface area contributed by atoms with Crippen LogP contribution in [0.15, 0.2) is 24.3 Å². The van der Waals surface area contributed by atoms with E-state index in [-0.39, 0.29) is 5.91 Å². The molecule has 1 aromatic rings. The fraction of sp³-hybridized carbons (Fsp3) is 0.471. The minimum atomic E-state index is 0.0799. The second-order valence-electron chi connectivity index (χ2n) is 5.48. The highest BCUT2D eigenvalue weighted by atomic mass is 16.5. The minimum absolute atomic E-state index is 0.0799. The molecule has 1 heterocycles. The fourth-order valence-corrected chi connectivity index (χ4v) is 2.62. The molecule has 0 bridgehead atoms. The normalized spacial score (nSPS) is 18.8. The summed E-state index contributed by atoms with van der Waals surface area (Å²) in [5.74, 6) is 2.03. The molecule has 21 heavy (non-hydrogen) atoms. The van der Waals surface area contributed by atoms with Crippen LogP contribution in [0.3, 0.4) is 0 Å². The lowest BCUT2D eigenvalue weighted by Gasteiger charge is -2.30. The van der Waals surface area contributed by atoms with Crippen LogP contribution in [-0.2, 0) is 4.79 Å². The average Bonchev–Trinajstić information content (AvgIpc) is 2.52. The van der Waals surface area contributed by atoms with Gasteiger partial charge in [0.25, 0.3) is 0 Å². The lowest BCUT2D eigenvalue weighted by atomic mass is 10.0. The molecule has 1 amide bonds. The predicted molar refractivity (Wildman–Crippen MR) is 83.6 cm³/mol. The van der Waals surface area contributed by atoms with Crippen LogP contribution in [0.25, 0.3) is 6.08 Å². The van der Waals surface area contributed by atoms with Crippen LogP contribution in [0.2, 0.25) is 0 Å². The molecule has 1 fully saturated rings. The van der Waals surface area contributed by atoms with Gasteiger partial charge >= 0.3 is 0 Å². The monoisotopic (exact) mass is 289 g/mol. The van der Waals surface area contributed by atoms with Crippen LogP contribution < -0.4 is 9.47 Å². The number of carbonyl (C=O) groups excluding carboxylic acids is 1. The third-order valence-electron chi connectivity index (χ3n) is 3.79. The molecule has 0 spiro atoms. The maximum absolute atomic E-state index is 12.2. The maximum Gasteiger partial charge on any atom is 0.246 e. The number of piperidine rings is 1. The highest BCUT2D eigenvalue weighted by molar-refractivity contribution is 5.91. The second kappa shape index (κ2) is 7.16. The zero-order chi connectivity index (χ0) is 15.2. The first-order valence-corrected chi connectivity index (χ1v) is 7.33. The smallest absolute Gasteiger partial charge is 0.246 e. The van der Waals surface area contributed by atoms with E-state index in [9.17, 15) is 4.79 Å². The number of ether oxygens (including phenoxy) is 2. The summed E-state index contributed by atoms with van der Waals surface area (Å²) in [6.45, 7) is 3.91. The van der Waals surface area contributed by atoms with Gasteiger partial charge in [-0.1, -0.05) is 13.0 Å². The van der Waals surface area contributed by atoms with Crippen LogP contribution >= 0.6 is 0 Å². The number of benzene rings is 1. The second-order valence-corrected chi connectivity index (χ2v) is 5.48. The molecule has 1 aliphatic rings. The zero-order valence-electron chi connectivity index (χ0n) is 13.0. The Morgan fingerprint density at radius 3 is 2.71 bits per heavy atom. The molecule has 1 aliphatic heterocycles. The van der Waals surface area contributed by atoms with E-state index in [4.69, 9.17) is 9.47 Å². The van der Waals surface area contributed by atoms with Crippen molar-refractivity contribution in [3.05, 3.63) is 29.8 Å². The van der Waals surface area contributed by atoms with E-state index < -0.39 is 0 Å². The summed E-state index contributed by atoms with van der Waals surface area (Å²) in [5, 5.41) is 0. The fourth-order valence-electron chi connectivity index (χ4n) is 2.62. The molecule has 1 saturated heterocycles. The third kappa shape index (κ3) is 4.00. The summed E-state index contributed by atoms with van der Waals surface area (Å²) >= 11 is 0. The summed E-state index contributed by atoms with van der Waals surface area (Å²) in [6, 6.07) is 5.61. The lowest BCUT2D eigenvalue weighted by molar-refractivity contribution is -0.127. The van der Waals surface area contributed by atoms with E-state index in [0.29, 0.717) is 17.4 Å². The quantitative estimate of drug-likeness (QED) is 0.800. The summed E-state index contributed by atoms with van der Waals surface area (Å²) in [7, 11) is 3.21. The van der Waals surface area contributed by atoms with Crippen molar-refractivity contribution in [1.82, 2.24) is 4.90 Å². The van der Waals surface area contributed by atoms with E-state index in [0.717, 1.165) is 25.1 Å². The Morgan fingerprint density at radius 1 is 1.29 bits per heavy atom. The number of hydrogen-bond donors (Lipinski definition) is 0. The first-order chi connectivity index (χ1) is 10.1. The van der Waals surface area contributed by atoms with Crippen molar-refractivity contribution in [1.29, 1.82) is 0 Å². The number of hydrogen-bond acceptors (Lipinski definition) is 3. The zero-order valence-corrected chi connectivity index (χ0v) is 13.0. The Labute approximate surface area is 126 Å². The van der Waals surface area contributed by atoms with Crippen molar-refractivity contribution >= 4 is 12.0 Å². The van der Waals surface area contributed by atoms with Gasteiger partial charge < -0.3 is 14.4 Å². The number of carbonyl (C=O) groups is 1. The molecule has 0 N–H and O–H groups in total. The standard InChI is InChI=1S/C17H23NO3/c1-13-5-4-10-18(12-13)17(19)9-7-14-6-8-15(20-2)16(11-14)21-3/h6-9,11,13H,4-5,10,12H2,1-3H3/b9-7+/t13-/m0/s1. The number of rotatable bonds is 4. The van der Waals surface area contributed by atoms with Gasteiger partial charge in [0.05, 0.1) is 14.2 Å². The van der Waals surface area contributed by atoms with Gasteiger partial charge in [-0.15, -0.1) is 0 Å². The van der Waals surface area contributed by atoms with E-state index in [1.165, 1.54) is 6.42 Å². The number of methoxy groups -OCH3 is 2. The molecule has 114 valence electrons. The van der Waals surface area contributed by atoms with Gasteiger partial charge in [-0.3, -0.25) is 4.79 Å². The van der Waals surface area contributed by atoms with Gasteiger partial charge in [-0.2, -0.15) is 0 Å². The summed E-state index contributed by atoms with van der Waals surface area (Å²) in [5.41, 5.74) is 0.922. The highest BCUT2D eigenvalue weighted by Crippen LogP contribution is 2.28. The Kier molecular flexibility index (Phi) is 5.26. The van der Waals surface area contributed by atoms with Crippen LogP contribution in [0.5, 0.6) is 11.5 Å². The summed E-state index contributed by atoms with van der Waals surface area (Å²) in [4.78, 5) is 14.1. The number of nitrogens with zero attached hydrogens (tertiary/aromatic N) is 1. The molecule has 0 saturated carbocycles. The van der Waals surface area contributed by atoms with Crippen molar-refractivity contribution < 1.29 is 14.3 Å². The van der Waals surface area contributed by atoms with Crippen LogP contribution in [0, 0.1) is 5.92 Å². The molecule has 0 aromatic heterocycles. The third-order valence-corrected chi connectivity index (χ3v) is 3.79. The first kappa shape index (κ1) is 15.4. The van der Waals surface area contributed by atoms with Gasteiger partial charge in [0, 0.05) is 19.2 Å². The minimum Gasteiger partial charge on any atom is -0.493 e. The molecule has 0 radical (unpaired) electrons. The number of amides is 1. The SMILES string of the molecule is COc1ccc(/C=C/C(=O)N2CCC[C@H](C)C2)cc1OC. The van der Waals surface area contributed by atoms with Gasteiger partial charge in [0.1, 0.15) is 0 Å². The topological polar surface area (TPSA) is 38.8 Å². The molecule has 0 aliphatic carbocycles.